The molecule has 0 spiro atoms. The minimum absolute atomic E-state index is 0.889. The maximum atomic E-state index is 6.60. The zero-order chi connectivity index (χ0) is 41.0. The van der Waals surface area contributed by atoms with Crippen molar-refractivity contribution in [2.75, 3.05) is 4.90 Å². The normalized spacial score (nSPS) is 11.5. The summed E-state index contributed by atoms with van der Waals surface area (Å²) < 4.78 is 6.60. The highest BCUT2D eigenvalue weighted by molar-refractivity contribution is 6.19. The highest BCUT2D eigenvalue weighted by atomic mass is 16.3. The van der Waals surface area contributed by atoms with E-state index in [4.69, 9.17) is 4.42 Å². The molecule has 2 heteroatoms. The molecule has 1 aromatic heterocycles. The van der Waals surface area contributed by atoms with Crippen molar-refractivity contribution >= 4 is 71.3 Å². The van der Waals surface area contributed by atoms with Crippen LogP contribution < -0.4 is 4.90 Å². The largest absolute Gasteiger partial charge is 0.455 e. The van der Waals surface area contributed by atoms with Gasteiger partial charge in [-0.3, -0.25) is 0 Å². The molecule has 0 aliphatic rings. The van der Waals surface area contributed by atoms with Crippen LogP contribution in [0.1, 0.15) is 0 Å². The fraction of sp³-hybridized carbons (Fsp3) is 0. The van der Waals surface area contributed by atoms with Crippen molar-refractivity contribution in [3.05, 3.63) is 237 Å². The SMILES string of the molecule is c1cc(-c2ccc(N(c3ccc(-c4ccc5ccccc5c4)cc3)c3cccc(-c4cccc5oc6c7ccccc7ccc6c45)c3)cc2)cc(-c2cccc3ccccc23)c1. The zero-order valence-electron chi connectivity index (χ0n) is 33.9. The molecule has 0 saturated heterocycles. The number of hydrogen-bond acceptors (Lipinski definition) is 2. The Balaban J connectivity index is 0.959. The lowest BCUT2D eigenvalue weighted by atomic mass is 9.95. The Morgan fingerprint density at radius 2 is 0.806 bits per heavy atom. The van der Waals surface area contributed by atoms with Crippen LogP contribution in [0.5, 0.6) is 0 Å². The van der Waals surface area contributed by atoms with Gasteiger partial charge in [0.25, 0.3) is 0 Å². The van der Waals surface area contributed by atoms with Crippen molar-refractivity contribution in [2.45, 2.75) is 0 Å². The fourth-order valence-electron chi connectivity index (χ4n) is 9.37. The molecule has 12 aromatic rings. The number of fused-ring (bicyclic) bond motifs is 7. The Morgan fingerprint density at radius 1 is 0.274 bits per heavy atom. The lowest BCUT2D eigenvalue weighted by Crippen LogP contribution is -2.10. The van der Waals surface area contributed by atoms with Crippen molar-refractivity contribution in [2.24, 2.45) is 0 Å². The van der Waals surface area contributed by atoms with Crippen molar-refractivity contribution in [1.29, 1.82) is 0 Å². The third-order valence-corrected chi connectivity index (χ3v) is 12.4. The first-order valence-electron chi connectivity index (χ1n) is 21.2. The van der Waals surface area contributed by atoms with Crippen LogP contribution in [0.3, 0.4) is 0 Å². The molecule has 0 unspecified atom stereocenters. The van der Waals surface area contributed by atoms with Crippen molar-refractivity contribution in [1.82, 2.24) is 0 Å². The Morgan fingerprint density at radius 3 is 1.58 bits per heavy atom. The number of nitrogens with zero attached hydrogens (tertiary/aromatic N) is 1. The summed E-state index contributed by atoms with van der Waals surface area (Å²) in [6, 6.07) is 85.5. The van der Waals surface area contributed by atoms with E-state index in [2.05, 4.69) is 241 Å². The summed E-state index contributed by atoms with van der Waals surface area (Å²) in [7, 11) is 0. The molecule has 0 saturated carbocycles. The van der Waals surface area contributed by atoms with E-state index in [9.17, 15) is 0 Å². The Hall–Kier alpha value is -8.20. The zero-order valence-corrected chi connectivity index (χ0v) is 33.9. The van der Waals surface area contributed by atoms with Crippen LogP contribution in [0.15, 0.2) is 241 Å². The summed E-state index contributed by atoms with van der Waals surface area (Å²) in [5, 5.41) is 9.55. The smallest absolute Gasteiger partial charge is 0.143 e. The van der Waals surface area contributed by atoms with Crippen LogP contribution in [0, 0.1) is 0 Å². The molecule has 12 rings (SSSR count). The summed E-state index contributed by atoms with van der Waals surface area (Å²) in [5.41, 5.74) is 14.5. The van der Waals surface area contributed by atoms with Crippen LogP contribution in [-0.2, 0) is 0 Å². The number of benzene rings is 11. The van der Waals surface area contributed by atoms with Gasteiger partial charge in [0.1, 0.15) is 11.2 Å². The fourth-order valence-corrected chi connectivity index (χ4v) is 9.37. The van der Waals surface area contributed by atoms with E-state index < -0.39 is 0 Å². The molecular weight excluding hydrogens is 751 g/mol. The van der Waals surface area contributed by atoms with Crippen LogP contribution in [0.25, 0.3) is 98.8 Å². The highest BCUT2D eigenvalue weighted by Gasteiger charge is 2.18. The van der Waals surface area contributed by atoms with Gasteiger partial charge >= 0.3 is 0 Å². The topological polar surface area (TPSA) is 16.4 Å². The van der Waals surface area contributed by atoms with Gasteiger partial charge in [-0.1, -0.05) is 176 Å². The molecule has 0 bridgehead atoms. The molecule has 0 aliphatic carbocycles. The molecule has 290 valence electrons. The minimum atomic E-state index is 0.889. The summed E-state index contributed by atoms with van der Waals surface area (Å²) >= 11 is 0. The molecule has 2 nitrogen and oxygen atoms in total. The Labute approximate surface area is 360 Å². The van der Waals surface area contributed by atoms with Gasteiger partial charge in [0.2, 0.25) is 0 Å². The van der Waals surface area contributed by atoms with Gasteiger partial charge in [-0.2, -0.15) is 0 Å². The maximum Gasteiger partial charge on any atom is 0.143 e. The third-order valence-electron chi connectivity index (χ3n) is 12.4. The average Bonchev–Trinajstić information content (AvgIpc) is 3.74. The maximum absolute atomic E-state index is 6.60. The number of rotatable bonds is 7. The molecule has 1 heterocycles. The lowest BCUT2D eigenvalue weighted by Gasteiger charge is -2.26. The van der Waals surface area contributed by atoms with E-state index in [-0.39, 0.29) is 0 Å². The van der Waals surface area contributed by atoms with Gasteiger partial charge in [0, 0.05) is 33.2 Å². The van der Waals surface area contributed by atoms with Gasteiger partial charge in [0.15, 0.2) is 0 Å². The molecule has 0 N–H and O–H groups in total. The highest BCUT2D eigenvalue weighted by Crippen LogP contribution is 2.43. The van der Waals surface area contributed by atoms with E-state index >= 15 is 0 Å². The first-order valence-corrected chi connectivity index (χ1v) is 21.2. The molecule has 0 amide bonds. The van der Waals surface area contributed by atoms with Crippen LogP contribution in [-0.4, -0.2) is 0 Å². The van der Waals surface area contributed by atoms with Crippen molar-refractivity contribution in [3.8, 4) is 44.5 Å². The molecule has 0 radical (unpaired) electrons. The van der Waals surface area contributed by atoms with Gasteiger partial charge < -0.3 is 9.32 Å². The molecular formula is C60H39NO. The molecule has 11 aromatic carbocycles. The summed E-state index contributed by atoms with van der Waals surface area (Å²) in [5.74, 6) is 0. The quantitative estimate of drug-likeness (QED) is 0.160. The van der Waals surface area contributed by atoms with E-state index in [1.54, 1.807) is 0 Å². The minimum Gasteiger partial charge on any atom is -0.455 e. The summed E-state index contributed by atoms with van der Waals surface area (Å²) in [6.45, 7) is 0. The number of hydrogen-bond donors (Lipinski definition) is 0. The predicted molar refractivity (Wildman–Crippen MR) is 263 cm³/mol. The second kappa shape index (κ2) is 14.8. The molecule has 0 atom stereocenters. The van der Waals surface area contributed by atoms with E-state index in [1.165, 1.54) is 60.3 Å². The molecule has 0 aliphatic heterocycles. The van der Waals surface area contributed by atoms with Crippen LogP contribution >= 0.6 is 0 Å². The van der Waals surface area contributed by atoms with Crippen LogP contribution in [0.4, 0.5) is 17.1 Å². The van der Waals surface area contributed by atoms with Crippen LogP contribution in [0.2, 0.25) is 0 Å². The van der Waals surface area contributed by atoms with E-state index in [0.717, 1.165) is 55.5 Å². The third kappa shape index (κ3) is 6.20. The average molecular weight is 790 g/mol. The van der Waals surface area contributed by atoms with Gasteiger partial charge in [0.05, 0.1) is 0 Å². The van der Waals surface area contributed by atoms with E-state index in [1.807, 2.05) is 0 Å². The van der Waals surface area contributed by atoms with Gasteiger partial charge in [-0.15, -0.1) is 0 Å². The first kappa shape index (κ1) is 35.7. The summed E-state index contributed by atoms with van der Waals surface area (Å²) in [4.78, 5) is 2.37. The van der Waals surface area contributed by atoms with E-state index in [0.29, 0.717) is 0 Å². The Bertz CT molecular complexity index is 3630. The second-order valence-corrected chi connectivity index (χ2v) is 16.1. The molecule has 62 heavy (non-hydrogen) atoms. The van der Waals surface area contributed by atoms with Crippen molar-refractivity contribution in [3.63, 3.8) is 0 Å². The van der Waals surface area contributed by atoms with Gasteiger partial charge in [-0.05, 0) is 132 Å². The predicted octanol–water partition coefficient (Wildman–Crippen LogP) is 17.2. The second-order valence-electron chi connectivity index (χ2n) is 16.1. The lowest BCUT2D eigenvalue weighted by molar-refractivity contribution is 0.673. The standard InChI is InChI=1S/C60H39NO/c1-2-14-45-37-47(26-25-40(45)11-1)42-29-34-51(35-30-42)61(50-32-27-41(28-33-50)46-16-7-17-48(38-46)54-22-9-15-43-12-3-5-20-53(43)54)52-19-8-18-49(39-52)55-23-10-24-58-59(55)57-36-31-44-13-4-6-21-56(44)60(57)62-58/h1-39H. The summed E-state index contributed by atoms with van der Waals surface area (Å²) in [6.07, 6.45) is 0. The Kier molecular flexibility index (Phi) is 8.53. The number of anilines is 3. The van der Waals surface area contributed by atoms with Gasteiger partial charge in [-0.25, -0.2) is 0 Å². The first-order chi connectivity index (χ1) is 30.7. The monoisotopic (exact) mass is 789 g/mol. The number of furan rings is 1. The molecule has 0 fully saturated rings. The van der Waals surface area contributed by atoms with Crippen molar-refractivity contribution < 1.29 is 4.42 Å².